The normalized spacial score (nSPS) is 11.3. The molecule has 0 amide bonds. The lowest BCUT2D eigenvalue weighted by molar-refractivity contribution is -0.142. The average Bonchev–Trinajstić information content (AvgIpc) is 2.32. The Morgan fingerprint density at radius 2 is 1.89 bits per heavy atom. The van der Waals surface area contributed by atoms with E-state index >= 15 is 0 Å². The Hall–Kier alpha value is -1.40. The smallest absolute Gasteiger partial charge is 0.302 e. The number of hydrogen-bond donors (Lipinski definition) is 1. The highest BCUT2D eigenvalue weighted by Crippen LogP contribution is 2.12. The molecule has 0 aliphatic carbocycles. The monoisotopic (exact) mass is 285 g/mol. The number of sulfonamides is 1. The van der Waals surface area contributed by atoms with Crippen molar-refractivity contribution in [2.45, 2.75) is 26.4 Å². The van der Waals surface area contributed by atoms with Gasteiger partial charge in [0.1, 0.15) is 6.61 Å². The van der Waals surface area contributed by atoms with E-state index in [2.05, 4.69) is 4.72 Å². The number of hydrogen-bond acceptors (Lipinski definition) is 4. The molecule has 0 aliphatic rings. The van der Waals surface area contributed by atoms with E-state index in [1.54, 1.807) is 0 Å². The van der Waals surface area contributed by atoms with Crippen molar-refractivity contribution in [3.8, 4) is 0 Å². The van der Waals surface area contributed by atoms with E-state index in [-0.39, 0.29) is 12.6 Å². The second-order valence-electron chi connectivity index (χ2n) is 4.32. The molecule has 19 heavy (non-hydrogen) atoms. The Morgan fingerprint density at radius 1 is 1.26 bits per heavy atom. The molecular formula is C13H19NO4S. The topological polar surface area (TPSA) is 72.5 Å². The van der Waals surface area contributed by atoms with E-state index in [9.17, 15) is 13.2 Å². The maximum absolute atomic E-state index is 10.9. The second-order valence-corrected chi connectivity index (χ2v) is 6.15. The fourth-order valence-corrected chi connectivity index (χ4v) is 2.17. The van der Waals surface area contributed by atoms with Crippen LogP contribution in [0, 0.1) is 0 Å². The standard InChI is InChI=1S/C13H19NO4S/c1-11(15)18-10-13-7-4-3-6-12(13)8-5-9-14-19(2,16)17/h3-4,6-7,14H,5,8-10H2,1-2H3. The first kappa shape index (κ1) is 15.7. The number of ether oxygens (including phenoxy) is 1. The van der Waals surface area contributed by atoms with Crippen molar-refractivity contribution >= 4 is 16.0 Å². The number of carbonyl (C=O) groups excluding carboxylic acids is 1. The van der Waals surface area contributed by atoms with Crippen LogP contribution in [0.3, 0.4) is 0 Å². The predicted molar refractivity (Wildman–Crippen MR) is 73.1 cm³/mol. The van der Waals surface area contributed by atoms with Crippen LogP contribution in [-0.4, -0.2) is 27.2 Å². The van der Waals surface area contributed by atoms with Gasteiger partial charge in [0, 0.05) is 13.5 Å². The Kier molecular flexibility index (Phi) is 5.98. The maximum Gasteiger partial charge on any atom is 0.302 e. The summed E-state index contributed by atoms with van der Waals surface area (Å²) >= 11 is 0. The summed E-state index contributed by atoms with van der Waals surface area (Å²) in [5.74, 6) is -0.312. The summed E-state index contributed by atoms with van der Waals surface area (Å²) in [7, 11) is -3.13. The van der Waals surface area contributed by atoms with Crippen molar-refractivity contribution in [2.75, 3.05) is 12.8 Å². The fourth-order valence-electron chi connectivity index (χ4n) is 1.66. The minimum absolute atomic E-state index is 0.255. The summed E-state index contributed by atoms with van der Waals surface area (Å²) in [5.41, 5.74) is 2.02. The van der Waals surface area contributed by atoms with Crippen LogP contribution in [0.4, 0.5) is 0 Å². The van der Waals surface area contributed by atoms with Crippen LogP contribution in [-0.2, 0) is 32.6 Å². The van der Waals surface area contributed by atoms with E-state index in [0.29, 0.717) is 13.0 Å². The first-order valence-electron chi connectivity index (χ1n) is 6.03. The molecule has 106 valence electrons. The van der Waals surface area contributed by atoms with Crippen LogP contribution in [0.15, 0.2) is 24.3 Å². The number of rotatable bonds is 7. The summed E-state index contributed by atoms with van der Waals surface area (Å²) in [4.78, 5) is 10.8. The Bertz CT molecular complexity index is 525. The van der Waals surface area contributed by atoms with Crippen LogP contribution < -0.4 is 4.72 Å². The minimum atomic E-state index is -3.13. The van der Waals surface area contributed by atoms with E-state index in [0.717, 1.165) is 23.8 Å². The van der Waals surface area contributed by atoms with E-state index in [4.69, 9.17) is 4.74 Å². The van der Waals surface area contributed by atoms with Crippen molar-refractivity contribution in [2.24, 2.45) is 0 Å². The molecule has 0 saturated carbocycles. The lowest BCUT2D eigenvalue weighted by Crippen LogP contribution is -2.23. The number of esters is 1. The number of nitrogens with one attached hydrogen (secondary N) is 1. The number of benzene rings is 1. The molecular weight excluding hydrogens is 266 g/mol. The summed E-state index contributed by atoms with van der Waals surface area (Å²) in [6.45, 7) is 2.03. The molecule has 0 aliphatic heterocycles. The van der Waals surface area contributed by atoms with Gasteiger partial charge in [0.05, 0.1) is 6.26 Å². The van der Waals surface area contributed by atoms with E-state index in [1.165, 1.54) is 6.92 Å². The SMILES string of the molecule is CC(=O)OCc1ccccc1CCCNS(C)(=O)=O. The Balaban J connectivity index is 2.50. The van der Waals surface area contributed by atoms with Crippen LogP contribution in [0.2, 0.25) is 0 Å². The molecule has 0 heterocycles. The zero-order valence-corrected chi connectivity index (χ0v) is 12.0. The maximum atomic E-state index is 10.9. The Morgan fingerprint density at radius 3 is 2.47 bits per heavy atom. The lowest BCUT2D eigenvalue weighted by atomic mass is 10.0. The molecule has 0 saturated heterocycles. The van der Waals surface area contributed by atoms with Crippen molar-refractivity contribution in [3.05, 3.63) is 35.4 Å². The van der Waals surface area contributed by atoms with E-state index in [1.807, 2.05) is 24.3 Å². The number of aryl methyl sites for hydroxylation is 1. The van der Waals surface area contributed by atoms with Crippen molar-refractivity contribution < 1.29 is 17.9 Å². The molecule has 0 fully saturated rings. The zero-order valence-electron chi connectivity index (χ0n) is 11.2. The van der Waals surface area contributed by atoms with Crippen LogP contribution >= 0.6 is 0 Å². The second kappa shape index (κ2) is 7.25. The molecule has 1 aromatic rings. The zero-order chi connectivity index (χ0) is 14.3. The van der Waals surface area contributed by atoms with Gasteiger partial charge in [-0.1, -0.05) is 24.3 Å². The van der Waals surface area contributed by atoms with Gasteiger partial charge in [0.25, 0.3) is 0 Å². The molecule has 1 rings (SSSR count). The van der Waals surface area contributed by atoms with Crippen LogP contribution in [0.1, 0.15) is 24.5 Å². The lowest BCUT2D eigenvalue weighted by Gasteiger charge is -2.09. The molecule has 0 spiro atoms. The van der Waals surface area contributed by atoms with Gasteiger partial charge in [-0.2, -0.15) is 0 Å². The third kappa shape index (κ3) is 6.93. The van der Waals surface area contributed by atoms with Gasteiger partial charge in [0.15, 0.2) is 0 Å². The van der Waals surface area contributed by atoms with Gasteiger partial charge in [-0.15, -0.1) is 0 Å². The summed E-state index contributed by atoms with van der Waals surface area (Å²) < 4.78 is 29.3. The molecule has 0 atom stereocenters. The minimum Gasteiger partial charge on any atom is -0.461 e. The molecule has 0 unspecified atom stereocenters. The Labute approximate surface area is 114 Å². The van der Waals surface area contributed by atoms with Crippen molar-refractivity contribution in [1.29, 1.82) is 0 Å². The summed E-state index contributed by atoms with van der Waals surface area (Å²) in [6.07, 6.45) is 2.58. The molecule has 6 heteroatoms. The van der Waals surface area contributed by atoms with Crippen molar-refractivity contribution in [1.82, 2.24) is 4.72 Å². The first-order valence-corrected chi connectivity index (χ1v) is 7.92. The van der Waals surface area contributed by atoms with Crippen LogP contribution in [0.25, 0.3) is 0 Å². The van der Waals surface area contributed by atoms with Gasteiger partial charge in [0.2, 0.25) is 10.0 Å². The molecule has 0 bridgehead atoms. The average molecular weight is 285 g/mol. The largest absolute Gasteiger partial charge is 0.461 e. The van der Waals surface area contributed by atoms with Crippen molar-refractivity contribution in [3.63, 3.8) is 0 Å². The third-order valence-corrected chi connectivity index (χ3v) is 3.26. The van der Waals surface area contributed by atoms with Gasteiger partial charge in [-0.3, -0.25) is 4.79 Å². The highest BCUT2D eigenvalue weighted by Gasteiger charge is 2.04. The highest BCUT2D eigenvalue weighted by molar-refractivity contribution is 7.88. The van der Waals surface area contributed by atoms with Gasteiger partial charge < -0.3 is 4.74 Å². The first-order chi connectivity index (χ1) is 8.88. The predicted octanol–water partition coefficient (Wildman–Crippen LogP) is 1.23. The van der Waals surface area contributed by atoms with Gasteiger partial charge in [-0.25, -0.2) is 13.1 Å². The quantitative estimate of drug-likeness (QED) is 0.604. The summed E-state index contributed by atoms with van der Waals surface area (Å²) in [5, 5.41) is 0. The highest BCUT2D eigenvalue weighted by atomic mass is 32.2. The molecule has 0 aromatic heterocycles. The molecule has 1 N–H and O–H groups in total. The molecule has 0 radical (unpaired) electrons. The summed E-state index contributed by atoms with van der Waals surface area (Å²) in [6, 6.07) is 7.66. The number of carbonyl (C=O) groups is 1. The fraction of sp³-hybridized carbons (Fsp3) is 0.462. The molecule has 5 nitrogen and oxygen atoms in total. The van der Waals surface area contributed by atoms with E-state index < -0.39 is 10.0 Å². The van der Waals surface area contributed by atoms with Gasteiger partial charge >= 0.3 is 5.97 Å². The third-order valence-electron chi connectivity index (χ3n) is 2.54. The van der Waals surface area contributed by atoms with Gasteiger partial charge in [-0.05, 0) is 24.0 Å². The van der Waals surface area contributed by atoms with Crippen LogP contribution in [0.5, 0.6) is 0 Å². The molecule has 1 aromatic carbocycles.